The summed E-state index contributed by atoms with van der Waals surface area (Å²) < 4.78 is 5.29. The van der Waals surface area contributed by atoms with Crippen molar-refractivity contribution in [3.05, 3.63) is 36.0 Å². The average Bonchev–Trinajstić information content (AvgIpc) is 2.28. The fourth-order valence-electron chi connectivity index (χ4n) is 1.16. The van der Waals surface area contributed by atoms with E-state index in [2.05, 4.69) is 16.9 Å². The molecule has 17 heavy (non-hydrogen) atoms. The molecule has 1 aromatic heterocycles. The van der Waals surface area contributed by atoms with E-state index in [-0.39, 0.29) is 5.56 Å². The summed E-state index contributed by atoms with van der Waals surface area (Å²) in [5.41, 5.74) is 1.18. The predicted molar refractivity (Wildman–Crippen MR) is 65.3 cm³/mol. The van der Waals surface area contributed by atoms with Gasteiger partial charge in [0.05, 0.1) is 18.8 Å². The van der Waals surface area contributed by atoms with Gasteiger partial charge < -0.3 is 15.2 Å². The summed E-state index contributed by atoms with van der Waals surface area (Å²) >= 11 is 0. The molecule has 0 atom stereocenters. The monoisotopic (exact) mass is 236 g/mol. The maximum atomic E-state index is 10.7. The molecule has 0 amide bonds. The zero-order chi connectivity index (χ0) is 12.7. The molecule has 0 unspecified atom stereocenters. The van der Waals surface area contributed by atoms with Crippen molar-refractivity contribution >= 4 is 11.8 Å². The third-order valence-corrected chi connectivity index (χ3v) is 1.91. The van der Waals surface area contributed by atoms with Crippen molar-refractivity contribution in [2.45, 2.75) is 6.92 Å². The summed E-state index contributed by atoms with van der Waals surface area (Å²) in [5.74, 6) is -0.433. The third-order valence-electron chi connectivity index (χ3n) is 1.91. The molecular formula is C12H16N2O3. The molecule has 1 rings (SSSR count). The normalized spacial score (nSPS) is 9.94. The highest BCUT2D eigenvalue weighted by molar-refractivity contribution is 5.88. The van der Waals surface area contributed by atoms with Crippen LogP contribution in [0.2, 0.25) is 0 Å². The summed E-state index contributed by atoms with van der Waals surface area (Å²) in [5, 5.41) is 11.8. The van der Waals surface area contributed by atoms with E-state index in [4.69, 9.17) is 9.84 Å². The van der Waals surface area contributed by atoms with Gasteiger partial charge in [-0.05, 0) is 19.1 Å². The van der Waals surface area contributed by atoms with Gasteiger partial charge in [-0.2, -0.15) is 0 Å². The molecule has 0 spiro atoms. The van der Waals surface area contributed by atoms with Gasteiger partial charge in [0, 0.05) is 12.7 Å². The van der Waals surface area contributed by atoms with Crippen LogP contribution in [0.5, 0.6) is 0 Å². The number of rotatable bonds is 7. The molecular weight excluding hydrogens is 220 g/mol. The minimum Gasteiger partial charge on any atom is -0.478 e. The molecule has 0 aliphatic rings. The van der Waals surface area contributed by atoms with Crippen molar-refractivity contribution < 1.29 is 14.6 Å². The molecule has 0 saturated carbocycles. The number of aromatic nitrogens is 1. The number of nitrogens with one attached hydrogen (secondary N) is 1. The van der Waals surface area contributed by atoms with E-state index in [1.165, 1.54) is 18.3 Å². The Labute approximate surface area is 100 Å². The molecule has 5 heteroatoms. The van der Waals surface area contributed by atoms with Gasteiger partial charge in [-0.1, -0.05) is 12.2 Å². The Morgan fingerprint density at radius 2 is 2.41 bits per heavy atom. The van der Waals surface area contributed by atoms with E-state index in [9.17, 15) is 4.79 Å². The summed E-state index contributed by atoms with van der Waals surface area (Å²) in [4.78, 5) is 14.7. The Bertz CT molecular complexity index is 404. The number of carboxylic acid groups (broad SMARTS) is 1. The molecule has 0 aliphatic heterocycles. The van der Waals surface area contributed by atoms with Crippen LogP contribution < -0.4 is 5.32 Å². The van der Waals surface area contributed by atoms with Crippen LogP contribution in [0.15, 0.2) is 30.5 Å². The maximum Gasteiger partial charge on any atom is 0.335 e. The Morgan fingerprint density at radius 3 is 3.06 bits per heavy atom. The topological polar surface area (TPSA) is 71.5 Å². The van der Waals surface area contributed by atoms with Crippen molar-refractivity contribution in [1.29, 1.82) is 0 Å². The lowest BCUT2D eigenvalue weighted by Crippen LogP contribution is -2.11. The van der Waals surface area contributed by atoms with E-state index in [1.807, 2.05) is 6.92 Å². The van der Waals surface area contributed by atoms with Crippen LogP contribution in [-0.4, -0.2) is 35.8 Å². The SMILES string of the molecule is C=C(C)COCCNc1cc(C(=O)O)ccn1. The number of carboxylic acids is 1. The number of anilines is 1. The summed E-state index contributed by atoms with van der Waals surface area (Å²) in [6, 6.07) is 2.94. The minimum absolute atomic E-state index is 0.213. The van der Waals surface area contributed by atoms with Gasteiger partial charge in [-0.25, -0.2) is 9.78 Å². The fraction of sp³-hybridized carbons (Fsp3) is 0.333. The van der Waals surface area contributed by atoms with Gasteiger partial charge >= 0.3 is 5.97 Å². The highest BCUT2D eigenvalue weighted by Crippen LogP contribution is 2.06. The van der Waals surface area contributed by atoms with Gasteiger partial charge in [0.2, 0.25) is 0 Å². The van der Waals surface area contributed by atoms with Crippen molar-refractivity contribution in [2.24, 2.45) is 0 Å². The second-order valence-corrected chi connectivity index (χ2v) is 3.67. The summed E-state index contributed by atoms with van der Waals surface area (Å²) in [7, 11) is 0. The molecule has 0 fully saturated rings. The van der Waals surface area contributed by atoms with Crippen molar-refractivity contribution in [3.8, 4) is 0 Å². The zero-order valence-corrected chi connectivity index (χ0v) is 9.77. The van der Waals surface area contributed by atoms with Crippen molar-refractivity contribution in [3.63, 3.8) is 0 Å². The molecule has 0 bridgehead atoms. The average molecular weight is 236 g/mol. The first kappa shape index (κ1) is 13.2. The predicted octanol–water partition coefficient (Wildman–Crippen LogP) is 1.78. The summed E-state index contributed by atoms with van der Waals surface area (Å²) in [6.45, 7) is 7.24. The largest absolute Gasteiger partial charge is 0.478 e. The summed E-state index contributed by atoms with van der Waals surface area (Å²) in [6.07, 6.45) is 1.46. The molecule has 0 aliphatic carbocycles. The quantitative estimate of drug-likeness (QED) is 0.557. The van der Waals surface area contributed by atoms with Crippen LogP contribution in [0.1, 0.15) is 17.3 Å². The standard InChI is InChI=1S/C12H16N2O3/c1-9(2)8-17-6-5-14-11-7-10(12(15)16)3-4-13-11/h3-4,7H,1,5-6,8H2,2H3,(H,13,14)(H,15,16). The lowest BCUT2D eigenvalue weighted by Gasteiger charge is -2.06. The molecule has 0 radical (unpaired) electrons. The van der Waals surface area contributed by atoms with Crippen LogP contribution in [0.25, 0.3) is 0 Å². The molecule has 1 heterocycles. The van der Waals surface area contributed by atoms with Crippen LogP contribution in [-0.2, 0) is 4.74 Å². The highest BCUT2D eigenvalue weighted by Gasteiger charge is 2.03. The van der Waals surface area contributed by atoms with Crippen LogP contribution in [0.3, 0.4) is 0 Å². The second kappa shape index (κ2) is 6.65. The van der Waals surface area contributed by atoms with Crippen LogP contribution in [0, 0.1) is 0 Å². The first-order valence-corrected chi connectivity index (χ1v) is 5.25. The van der Waals surface area contributed by atoms with E-state index >= 15 is 0 Å². The Hall–Kier alpha value is -1.88. The van der Waals surface area contributed by atoms with E-state index in [1.54, 1.807) is 0 Å². The van der Waals surface area contributed by atoms with Gasteiger partial charge in [0.25, 0.3) is 0 Å². The minimum atomic E-state index is -0.964. The Balaban J connectivity index is 2.34. The first-order chi connectivity index (χ1) is 8.09. The number of hydrogen-bond donors (Lipinski definition) is 2. The maximum absolute atomic E-state index is 10.7. The first-order valence-electron chi connectivity index (χ1n) is 5.25. The molecule has 2 N–H and O–H groups in total. The van der Waals surface area contributed by atoms with Crippen LogP contribution >= 0.6 is 0 Å². The number of ether oxygens (including phenoxy) is 1. The smallest absolute Gasteiger partial charge is 0.335 e. The number of aromatic carboxylic acids is 1. The lowest BCUT2D eigenvalue weighted by molar-refractivity contribution is 0.0697. The van der Waals surface area contributed by atoms with Crippen LogP contribution in [0.4, 0.5) is 5.82 Å². The highest BCUT2D eigenvalue weighted by atomic mass is 16.5. The van der Waals surface area contributed by atoms with Gasteiger partial charge in [0.15, 0.2) is 0 Å². The van der Waals surface area contributed by atoms with Crippen molar-refractivity contribution in [1.82, 2.24) is 4.98 Å². The van der Waals surface area contributed by atoms with E-state index < -0.39 is 5.97 Å². The molecule has 0 aromatic carbocycles. The van der Waals surface area contributed by atoms with Gasteiger partial charge in [0.1, 0.15) is 5.82 Å². The van der Waals surface area contributed by atoms with E-state index in [0.717, 1.165) is 5.57 Å². The lowest BCUT2D eigenvalue weighted by atomic mass is 10.2. The molecule has 5 nitrogen and oxygen atoms in total. The van der Waals surface area contributed by atoms with Gasteiger partial charge in [-0.15, -0.1) is 0 Å². The van der Waals surface area contributed by atoms with Gasteiger partial charge in [-0.3, -0.25) is 0 Å². The van der Waals surface area contributed by atoms with Crippen molar-refractivity contribution in [2.75, 3.05) is 25.1 Å². The van der Waals surface area contributed by atoms with E-state index in [0.29, 0.717) is 25.6 Å². The molecule has 1 aromatic rings. The molecule has 0 saturated heterocycles. The number of hydrogen-bond acceptors (Lipinski definition) is 4. The Morgan fingerprint density at radius 1 is 1.65 bits per heavy atom. The second-order valence-electron chi connectivity index (χ2n) is 3.67. The third kappa shape index (κ3) is 5.12. The number of nitrogens with zero attached hydrogens (tertiary/aromatic N) is 1. The zero-order valence-electron chi connectivity index (χ0n) is 9.77. The fourth-order valence-corrected chi connectivity index (χ4v) is 1.16. The Kier molecular flexibility index (Phi) is 5.16. The number of pyridine rings is 1. The number of carbonyl (C=O) groups is 1. The molecule has 92 valence electrons.